The van der Waals surface area contributed by atoms with Crippen LogP contribution < -0.4 is 15.0 Å². The van der Waals surface area contributed by atoms with Gasteiger partial charge in [0.1, 0.15) is 17.5 Å². The minimum Gasteiger partial charge on any atom is -0.457 e. The molecule has 0 bridgehead atoms. The summed E-state index contributed by atoms with van der Waals surface area (Å²) < 4.78 is 9.25. The van der Waals surface area contributed by atoms with Crippen molar-refractivity contribution in [1.29, 1.82) is 0 Å². The number of nitrogens with zero attached hydrogens (tertiary/aromatic N) is 3. The molecule has 6 rings (SSSR count). The number of thiocarbonyl (C=S) groups is 1. The molecule has 37 heavy (non-hydrogen) atoms. The molecule has 1 fully saturated rings. The lowest BCUT2D eigenvalue weighted by molar-refractivity contribution is 0.482. The topological polar surface area (TPSA) is 42.3 Å². The summed E-state index contributed by atoms with van der Waals surface area (Å²) in [6.45, 7) is 0. The predicted octanol–water partition coefficient (Wildman–Crippen LogP) is 7.60. The van der Waals surface area contributed by atoms with Gasteiger partial charge in [-0.15, -0.1) is 0 Å². The summed E-state index contributed by atoms with van der Waals surface area (Å²) in [6.07, 6.45) is 3.91. The van der Waals surface area contributed by atoms with Crippen LogP contribution in [0.4, 0.5) is 5.69 Å². The molecular formula is C30H23BrN4OS. The van der Waals surface area contributed by atoms with Gasteiger partial charge in [-0.3, -0.25) is 4.98 Å². The zero-order chi connectivity index (χ0) is 25.2. The molecule has 0 amide bonds. The molecule has 0 unspecified atom stereocenters. The fraction of sp³-hybridized carbons (Fsp3) is 0.0667. The summed E-state index contributed by atoms with van der Waals surface area (Å²) in [4.78, 5) is 6.85. The first-order valence-corrected chi connectivity index (χ1v) is 13.1. The largest absolute Gasteiger partial charge is 0.457 e. The van der Waals surface area contributed by atoms with E-state index in [1.807, 2.05) is 91.1 Å². The lowest BCUT2D eigenvalue weighted by atomic mass is 10.0. The summed E-state index contributed by atoms with van der Waals surface area (Å²) >= 11 is 9.52. The van der Waals surface area contributed by atoms with Gasteiger partial charge in [-0.2, -0.15) is 0 Å². The van der Waals surface area contributed by atoms with E-state index in [2.05, 4.69) is 66.2 Å². The molecule has 182 valence electrons. The highest BCUT2D eigenvalue weighted by molar-refractivity contribution is 9.10. The Morgan fingerprint density at radius 3 is 2.32 bits per heavy atom. The fourth-order valence-corrected chi connectivity index (χ4v) is 5.46. The summed E-state index contributed by atoms with van der Waals surface area (Å²) in [7, 11) is 0. The number of nitrogens with one attached hydrogen (secondary N) is 1. The summed E-state index contributed by atoms with van der Waals surface area (Å²) in [5.74, 6) is 1.57. The van der Waals surface area contributed by atoms with Crippen LogP contribution in [0.2, 0.25) is 0 Å². The Labute approximate surface area is 229 Å². The summed E-state index contributed by atoms with van der Waals surface area (Å²) in [6, 6.07) is 36.0. The number of benzene rings is 3. The molecule has 3 heterocycles. The Kier molecular flexibility index (Phi) is 6.47. The Hall–Kier alpha value is -3.94. The van der Waals surface area contributed by atoms with Gasteiger partial charge in [-0.05, 0) is 91.1 Å². The minimum absolute atomic E-state index is 0.128. The predicted molar refractivity (Wildman–Crippen MR) is 154 cm³/mol. The van der Waals surface area contributed by atoms with Crippen LogP contribution in [0.3, 0.4) is 0 Å². The number of ether oxygens (including phenoxy) is 1. The minimum atomic E-state index is -0.130. The van der Waals surface area contributed by atoms with E-state index in [0.29, 0.717) is 5.11 Å². The molecular weight excluding hydrogens is 544 g/mol. The van der Waals surface area contributed by atoms with Crippen molar-refractivity contribution in [2.45, 2.75) is 12.1 Å². The van der Waals surface area contributed by atoms with Crippen LogP contribution in [-0.2, 0) is 0 Å². The Bertz CT molecular complexity index is 1520. The van der Waals surface area contributed by atoms with Crippen LogP contribution in [0.25, 0.3) is 5.69 Å². The number of pyridine rings is 1. The van der Waals surface area contributed by atoms with Crippen LogP contribution in [0.15, 0.2) is 126 Å². The first-order chi connectivity index (χ1) is 18.2. The molecule has 1 aliphatic rings. The first-order valence-electron chi connectivity index (χ1n) is 11.9. The lowest BCUT2D eigenvalue weighted by Gasteiger charge is -2.29. The van der Waals surface area contributed by atoms with Gasteiger partial charge in [0.05, 0.1) is 11.7 Å². The average Bonchev–Trinajstić information content (AvgIpc) is 3.55. The van der Waals surface area contributed by atoms with Gasteiger partial charge < -0.3 is 19.5 Å². The molecule has 1 saturated heterocycles. The van der Waals surface area contributed by atoms with E-state index >= 15 is 0 Å². The number of hydrogen-bond donors (Lipinski definition) is 1. The maximum atomic E-state index is 6.01. The fourth-order valence-electron chi connectivity index (χ4n) is 4.73. The lowest BCUT2D eigenvalue weighted by Crippen LogP contribution is -2.30. The molecule has 5 nitrogen and oxygen atoms in total. The van der Waals surface area contributed by atoms with Crippen molar-refractivity contribution in [1.82, 2.24) is 14.9 Å². The average molecular weight is 568 g/mol. The standard InChI is InChI=1S/C30H23BrN4OS/c31-21-8-6-9-23(20-21)34-19-7-13-27(34)29-28(26-12-4-5-18-32-26)33-30(37)35(29)22-14-16-25(17-15-22)36-24-10-2-1-3-11-24/h1-20,28-29H,(H,33,37)/t28-,29-/m1/s1. The van der Waals surface area contributed by atoms with E-state index in [1.165, 1.54) is 0 Å². The SMILES string of the molecule is S=C1N[C@H](c2ccccn2)[C@@H](c2cccn2-c2cccc(Br)c2)N1c1ccc(Oc2ccccc2)cc1. The molecule has 2 aromatic heterocycles. The second-order valence-corrected chi connectivity index (χ2v) is 9.99. The van der Waals surface area contributed by atoms with E-state index in [9.17, 15) is 0 Å². The number of hydrogen-bond acceptors (Lipinski definition) is 3. The van der Waals surface area contributed by atoms with E-state index in [4.69, 9.17) is 17.0 Å². The van der Waals surface area contributed by atoms with Gasteiger partial charge in [0, 0.05) is 33.9 Å². The molecule has 7 heteroatoms. The third kappa shape index (κ3) is 4.75. The highest BCUT2D eigenvalue weighted by Gasteiger charge is 2.42. The highest BCUT2D eigenvalue weighted by atomic mass is 79.9. The highest BCUT2D eigenvalue weighted by Crippen LogP contribution is 2.42. The van der Waals surface area contributed by atoms with Crippen molar-refractivity contribution in [3.8, 4) is 17.2 Å². The first kappa shape index (κ1) is 23.5. The number of rotatable bonds is 6. The second kappa shape index (κ2) is 10.2. The molecule has 0 radical (unpaired) electrons. The third-order valence-corrected chi connectivity index (χ3v) is 7.17. The van der Waals surface area contributed by atoms with E-state index in [1.54, 1.807) is 0 Å². The number of anilines is 1. The molecule has 1 aliphatic heterocycles. The smallest absolute Gasteiger partial charge is 0.174 e. The van der Waals surface area contributed by atoms with Gasteiger partial charge in [-0.1, -0.05) is 46.3 Å². The molecule has 0 saturated carbocycles. The maximum absolute atomic E-state index is 6.01. The second-order valence-electron chi connectivity index (χ2n) is 8.69. The van der Waals surface area contributed by atoms with E-state index in [0.717, 1.165) is 38.7 Å². The zero-order valence-corrected chi connectivity index (χ0v) is 22.1. The molecule has 0 aliphatic carbocycles. The van der Waals surface area contributed by atoms with Crippen LogP contribution in [0, 0.1) is 0 Å². The van der Waals surface area contributed by atoms with Crippen molar-refractivity contribution in [2.75, 3.05) is 4.90 Å². The van der Waals surface area contributed by atoms with Crippen LogP contribution in [-0.4, -0.2) is 14.7 Å². The van der Waals surface area contributed by atoms with Gasteiger partial charge in [0.25, 0.3) is 0 Å². The van der Waals surface area contributed by atoms with Crippen LogP contribution in [0.5, 0.6) is 11.5 Å². The number of halogens is 1. The van der Waals surface area contributed by atoms with Gasteiger partial charge in [0.2, 0.25) is 0 Å². The Morgan fingerprint density at radius 1 is 0.784 bits per heavy atom. The Morgan fingerprint density at radius 2 is 1.57 bits per heavy atom. The summed E-state index contributed by atoms with van der Waals surface area (Å²) in [5, 5.41) is 4.19. The maximum Gasteiger partial charge on any atom is 0.174 e. The molecule has 1 N–H and O–H groups in total. The van der Waals surface area contributed by atoms with Crippen molar-refractivity contribution in [3.05, 3.63) is 137 Å². The van der Waals surface area contributed by atoms with E-state index in [-0.39, 0.29) is 12.1 Å². The van der Waals surface area contributed by atoms with Crippen molar-refractivity contribution >= 4 is 38.9 Å². The van der Waals surface area contributed by atoms with Crippen molar-refractivity contribution < 1.29 is 4.74 Å². The monoisotopic (exact) mass is 566 g/mol. The zero-order valence-electron chi connectivity index (χ0n) is 19.7. The van der Waals surface area contributed by atoms with Gasteiger partial charge in [0.15, 0.2) is 5.11 Å². The number of aromatic nitrogens is 2. The van der Waals surface area contributed by atoms with Crippen LogP contribution >= 0.6 is 28.1 Å². The number of para-hydroxylation sites is 1. The van der Waals surface area contributed by atoms with Gasteiger partial charge >= 0.3 is 0 Å². The van der Waals surface area contributed by atoms with Crippen LogP contribution in [0.1, 0.15) is 23.5 Å². The Balaban J connectivity index is 1.41. The molecule has 0 spiro atoms. The quantitative estimate of drug-likeness (QED) is 0.214. The van der Waals surface area contributed by atoms with E-state index < -0.39 is 0 Å². The van der Waals surface area contributed by atoms with Crippen molar-refractivity contribution in [3.63, 3.8) is 0 Å². The summed E-state index contributed by atoms with van der Waals surface area (Å²) in [5.41, 5.74) is 4.08. The molecule has 3 aromatic carbocycles. The van der Waals surface area contributed by atoms with Gasteiger partial charge in [-0.25, -0.2) is 0 Å². The normalized spacial score (nSPS) is 17.0. The van der Waals surface area contributed by atoms with Crippen molar-refractivity contribution in [2.24, 2.45) is 0 Å². The molecule has 2 atom stereocenters. The third-order valence-electron chi connectivity index (χ3n) is 6.36. The molecule has 5 aromatic rings.